The predicted molar refractivity (Wildman–Crippen MR) is 409 cm³/mol. The van der Waals surface area contributed by atoms with E-state index in [1.165, 1.54) is 109 Å². The van der Waals surface area contributed by atoms with Crippen LogP contribution in [0.4, 0.5) is 0 Å². The third-order valence-electron chi connectivity index (χ3n) is 16.5. The average molecular weight is 1450 g/mol. The van der Waals surface area contributed by atoms with Gasteiger partial charge in [-0.3, -0.25) is 37.3 Å². The molecule has 5 unspecified atom stereocenters. The summed E-state index contributed by atoms with van der Waals surface area (Å²) in [5.41, 5.74) is 0. The number of phosphoric ester groups is 2. The van der Waals surface area contributed by atoms with Crippen LogP contribution in [0.25, 0.3) is 0 Å². The number of hydrogen-bond acceptors (Lipinski definition) is 15. The standard InChI is InChI=1S/C81H142O17P2/c1-5-9-13-17-21-25-29-33-36-37-40-43-46-50-54-58-62-66-79(84)92-72-77(98-81(86)68-64-60-56-52-48-44-39-35-31-27-23-19-15-11-7-3)74-96-100(89,90)94-70-75(82)69-93-99(87,88)95-73-76(97-80(85)67-63-59-55-51-47-41-32-28-24-20-16-12-8-4)71-91-78(83)65-61-57-53-49-45-42-38-34-30-26-22-18-14-10-6-2/h9,13,21,23,25,27,33-36,38-40,43,50,54,75-77,82H,5-8,10-12,14-20,22,24,26,28-32,37,41-42,44-49,51-53,55-74H2,1-4H3,(H,87,88)(H,89,90)/b13-9-,25-21-,27-23-,36-33-,38-34-,39-35-,43-40-,54-50-. The lowest BCUT2D eigenvalue weighted by molar-refractivity contribution is -0.161. The average Bonchev–Trinajstić information content (AvgIpc) is 1.06. The summed E-state index contributed by atoms with van der Waals surface area (Å²) in [7, 11) is -9.97. The molecule has 0 saturated carbocycles. The van der Waals surface area contributed by atoms with E-state index >= 15 is 0 Å². The monoisotopic (exact) mass is 1450 g/mol. The molecule has 0 rings (SSSR count). The molecule has 3 N–H and O–H groups in total. The number of phosphoric acid groups is 2. The van der Waals surface area contributed by atoms with Crippen LogP contribution in [-0.4, -0.2) is 96.7 Å². The van der Waals surface area contributed by atoms with Crippen molar-refractivity contribution >= 4 is 39.5 Å². The molecule has 0 amide bonds. The van der Waals surface area contributed by atoms with Crippen LogP contribution in [0.2, 0.25) is 0 Å². The number of hydrogen-bond donors (Lipinski definition) is 3. The Labute approximate surface area is 607 Å². The van der Waals surface area contributed by atoms with E-state index < -0.39 is 97.5 Å². The summed E-state index contributed by atoms with van der Waals surface area (Å²) in [5, 5.41) is 10.6. The van der Waals surface area contributed by atoms with Gasteiger partial charge in [0, 0.05) is 25.7 Å². The quantitative estimate of drug-likeness (QED) is 0.0169. The van der Waals surface area contributed by atoms with Crippen molar-refractivity contribution in [3.05, 3.63) is 97.2 Å². The molecule has 0 spiro atoms. The largest absolute Gasteiger partial charge is 0.472 e. The number of aliphatic hydroxyl groups excluding tert-OH is 1. The third-order valence-corrected chi connectivity index (χ3v) is 18.4. The molecule has 578 valence electrons. The van der Waals surface area contributed by atoms with Crippen molar-refractivity contribution < 1.29 is 80.2 Å². The van der Waals surface area contributed by atoms with Gasteiger partial charge in [0.05, 0.1) is 26.4 Å². The van der Waals surface area contributed by atoms with Gasteiger partial charge < -0.3 is 33.8 Å². The highest BCUT2D eigenvalue weighted by Crippen LogP contribution is 2.45. The van der Waals surface area contributed by atoms with Crippen molar-refractivity contribution in [3.63, 3.8) is 0 Å². The van der Waals surface area contributed by atoms with E-state index in [2.05, 4.69) is 113 Å². The van der Waals surface area contributed by atoms with Gasteiger partial charge in [-0.05, 0) is 122 Å². The molecule has 19 heteroatoms. The number of rotatable bonds is 74. The second-order valence-electron chi connectivity index (χ2n) is 26.3. The van der Waals surface area contributed by atoms with Crippen LogP contribution in [-0.2, 0) is 65.4 Å². The Morgan fingerprint density at radius 3 is 0.870 bits per heavy atom. The van der Waals surface area contributed by atoms with Crippen molar-refractivity contribution in [3.8, 4) is 0 Å². The van der Waals surface area contributed by atoms with Crippen LogP contribution in [0, 0.1) is 0 Å². The molecule has 5 atom stereocenters. The number of ether oxygens (including phenoxy) is 4. The van der Waals surface area contributed by atoms with E-state index in [1.807, 2.05) is 12.2 Å². The Balaban J connectivity index is 5.40. The molecule has 0 aliphatic carbocycles. The third kappa shape index (κ3) is 72.3. The number of aliphatic hydroxyl groups is 1. The van der Waals surface area contributed by atoms with Crippen molar-refractivity contribution in [2.45, 2.75) is 354 Å². The van der Waals surface area contributed by atoms with Gasteiger partial charge in [-0.15, -0.1) is 0 Å². The van der Waals surface area contributed by atoms with Crippen LogP contribution in [0.15, 0.2) is 97.2 Å². The van der Waals surface area contributed by atoms with Crippen molar-refractivity contribution in [2.75, 3.05) is 39.6 Å². The number of esters is 4. The molecule has 0 aliphatic rings. The highest BCUT2D eigenvalue weighted by molar-refractivity contribution is 7.47. The first-order valence-electron chi connectivity index (χ1n) is 39.5. The summed E-state index contributed by atoms with van der Waals surface area (Å²) in [6, 6.07) is 0. The summed E-state index contributed by atoms with van der Waals surface area (Å²) < 4.78 is 68.5. The van der Waals surface area contributed by atoms with Crippen LogP contribution < -0.4 is 0 Å². The van der Waals surface area contributed by atoms with Crippen LogP contribution in [0.3, 0.4) is 0 Å². The summed E-state index contributed by atoms with van der Waals surface area (Å²) in [5.74, 6) is -2.25. The fraction of sp³-hybridized carbons (Fsp3) is 0.753. The molecule has 0 radical (unpaired) electrons. The molecule has 0 saturated heterocycles. The molecular formula is C81H142O17P2. The van der Waals surface area contributed by atoms with Gasteiger partial charge in [0.25, 0.3) is 0 Å². The molecule has 0 fully saturated rings. The molecule has 100 heavy (non-hydrogen) atoms. The molecule has 0 aliphatic heterocycles. The number of unbranched alkanes of at least 4 members (excludes halogenated alkanes) is 32. The highest BCUT2D eigenvalue weighted by Gasteiger charge is 2.30. The summed E-state index contributed by atoms with van der Waals surface area (Å²) in [4.78, 5) is 72.9. The van der Waals surface area contributed by atoms with Crippen LogP contribution in [0.5, 0.6) is 0 Å². The summed E-state index contributed by atoms with van der Waals surface area (Å²) in [6.45, 7) is 4.68. The van der Waals surface area contributed by atoms with E-state index in [0.717, 1.165) is 141 Å². The number of carbonyl (C=O) groups is 4. The van der Waals surface area contributed by atoms with E-state index in [9.17, 15) is 43.2 Å². The molecule has 0 bridgehead atoms. The van der Waals surface area contributed by atoms with E-state index in [0.29, 0.717) is 32.1 Å². The molecule has 17 nitrogen and oxygen atoms in total. The van der Waals surface area contributed by atoms with Gasteiger partial charge in [0.2, 0.25) is 0 Å². The predicted octanol–water partition coefficient (Wildman–Crippen LogP) is 22.8. The van der Waals surface area contributed by atoms with Crippen molar-refractivity contribution in [1.29, 1.82) is 0 Å². The molecular weight excluding hydrogens is 1310 g/mol. The lowest BCUT2D eigenvalue weighted by atomic mass is 10.0. The second-order valence-corrected chi connectivity index (χ2v) is 29.2. The first-order chi connectivity index (χ1) is 48.7. The maximum Gasteiger partial charge on any atom is 0.472 e. The Bertz CT molecular complexity index is 2270. The zero-order chi connectivity index (χ0) is 73.2. The van der Waals surface area contributed by atoms with Crippen molar-refractivity contribution in [2.24, 2.45) is 0 Å². The minimum atomic E-state index is -4.99. The van der Waals surface area contributed by atoms with Crippen molar-refractivity contribution in [1.82, 2.24) is 0 Å². The summed E-state index contributed by atoms with van der Waals surface area (Å²) >= 11 is 0. The fourth-order valence-electron chi connectivity index (χ4n) is 10.5. The van der Waals surface area contributed by atoms with Gasteiger partial charge in [-0.25, -0.2) is 9.13 Å². The second kappa shape index (κ2) is 73.3. The Hall–Kier alpha value is -4.02. The minimum absolute atomic E-state index is 0.0666. The van der Waals surface area contributed by atoms with Gasteiger partial charge in [-0.1, -0.05) is 285 Å². The van der Waals surface area contributed by atoms with Gasteiger partial charge in [-0.2, -0.15) is 0 Å². The van der Waals surface area contributed by atoms with E-state index in [-0.39, 0.29) is 25.7 Å². The molecule has 0 heterocycles. The van der Waals surface area contributed by atoms with Crippen LogP contribution in [0.1, 0.15) is 336 Å². The normalized spacial score (nSPS) is 14.4. The first-order valence-corrected chi connectivity index (χ1v) is 42.5. The number of allylic oxidation sites excluding steroid dienone is 16. The summed E-state index contributed by atoms with van der Waals surface area (Å²) in [6.07, 6.45) is 76.8. The van der Waals surface area contributed by atoms with Gasteiger partial charge in [0.15, 0.2) is 12.2 Å². The Kier molecular flexibility index (Phi) is 70.4. The number of carbonyl (C=O) groups excluding carboxylic acids is 4. The molecule has 0 aromatic heterocycles. The zero-order valence-corrected chi connectivity index (χ0v) is 64.9. The van der Waals surface area contributed by atoms with Gasteiger partial charge >= 0.3 is 39.5 Å². The van der Waals surface area contributed by atoms with E-state index in [1.54, 1.807) is 0 Å². The Morgan fingerprint density at radius 1 is 0.290 bits per heavy atom. The lowest BCUT2D eigenvalue weighted by Gasteiger charge is -2.21. The molecule has 0 aromatic rings. The smallest absolute Gasteiger partial charge is 0.462 e. The topological polar surface area (TPSA) is 237 Å². The SMILES string of the molecule is CC/C=C\C/C=C\C/C=C\C/C=C\C/C=C\CCCC(=O)OCC(COP(=O)(O)OCC(O)COP(=O)(O)OCC(COC(=O)CCCCCCC/C=C\CCCCCCCC)OC(=O)CCCCCCCCCCCCCCC)OC(=O)CCCCCCC/C=C\C/C=C\CCCCC. The maximum absolute atomic E-state index is 13.1. The molecule has 0 aromatic carbocycles. The fourth-order valence-corrected chi connectivity index (χ4v) is 12.1. The zero-order valence-electron chi connectivity index (χ0n) is 63.1. The minimum Gasteiger partial charge on any atom is -0.462 e. The first kappa shape index (κ1) is 96.0. The lowest BCUT2D eigenvalue weighted by Crippen LogP contribution is -2.30. The Morgan fingerprint density at radius 2 is 0.530 bits per heavy atom. The van der Waals surface area contributed by atoms with Crippen LogP contribution >= 0.6 is 15.6 Å². The van der Waals surface area contributed by atoms with Gasteiger partial charge in [0.1, 0.15) is 19.3 Å². The van der Waals surface area contributed by atoms with E-state index in [4.69, 9.17) is 37.0 Å². The highest BCUT2D eigenvalue weighted by atomic mass is 31.2. The maximum atomic E-state index is 13.1.